The molecule has 0 saturated carbocycles. The Bertz CT molecular complexity index is 581. The van der Waals surface area contributed by atoms with Crippen molar-refractivity contribution in [2.45, 2.75) is 34.2 Å². The number of nitrogens with zero attached hydrogens (tertiary/aromatic N) is 3. The summed E-state index contributed by atoms with van der Waals surface area (Å²) in [5, 5.41) is 3.32. The van der Waals surface area contributed by atoms with Gasteiger partial charge in [0.1, 0.15) is 17.5 Å². The highest BCUT2D eigenvalue weighted by Gasteiger charge is 2.14. The van der Waals surface area contributed by atoms with Gasteiger partial charge in [0.15, 0.2) is 0 Å². The predicted molar refractivity (Wildman–Crippen MR) is 88.8 cm³/mol. The Morgan fingerprint density at radius 2 is 1.76 bits per heavy atom. The van der Waals surface area contributed by atoms with Crippen LogP contribution in [0.3, 0.4) is 0 Å². The second-order valence-electron chi connectivity index (χ2n) is 5.10. The molecule has 1 N–H and O–H groups in total. The van der Waals surface area contributed by atoms with E-state index in [4.69, 9.17) is 0 Å². The third-order valence-corrected chi connectivity index (χ3v) is 3.47. The quantitative estimate of drug-likeness (QED) is 0.880. The second kappa shape index (κ2) is 7.07. The molecule has 0 radical (unpaired) electrons. The lowest BCUT2D eigenvalue weighted by molar-refractivity contribution is 0.798. The lowest BCUT2D eigenvalue weighted by Gasteiger charge is -2.25. The fourth-order valence-corrected chi connectivity index (χ4v) is 2.40. The van der Waals surface area contributed by atoms with Gasteiger partial charge in [0.25, 0.3) is 0 Å². The van der Waals surface area contributed by atoms with E-state index in [1.165, 1.54) is 5.56 Å². The van der Waals surface area contributed by atoms with Crippen molar-refractivity contribution in [2.75, 3.05) is 23.3 Å². The van der Waals surface area contributed by atoms with E-state index in [-0.39, 0.29) is 0 Å². The van der Waals surface area contributed by atoms with Crippen molar-refractivity contribution in [3.05, 3.63) is 47.3 Å². The first-order valence-electron chi connectivity index (χ1n) is 7.53. The third-order valence-electron chi connectivity index (χ3n) is 3.47. The average molecular weight is 284 g/mol. The lowest BCUT2D eigenvalue weighted by atomic mass is 10.2. The first kappa shape index (κ1) is 15.3. The summed E-state index contributed by atoms with van der Waals surface area (Å²) < 4.78 is 0. The molecule has 0 atom stereocenters. The summed E-state index contributed by atoms with van der Waals surface area (Å²) >= 11 is 0. The molecule has 0 aliphatic carbocycles. The van der Waals surface area contributed by atoms with Gasteiger partial charge >= 0.3 is 0 Å². The van der Waals surface area contributed by atoms with E-state index in [1.54, 1.807) is 0 Å². The van der Waals surface area contributed by atoms with E-state index < -0.39 is 0 Å². The Labute approximate surface area is 127 Å². The molecule has 1 aromatic carbocycles. The van der Waals surface area contributed by atoms with E-state index >= 15 is 0 Å². The molecule has 0 amide bonds. The maximum absolute atomic E-state index is 4.66. The van der Waals surface area contributed by atoms with Crippen LogP contribution >= 0.6 is 0 Å². The number of aryl methyl sites for hydroxylation is 1. The Balaban J connectivity index is 2.33. The van der Waals surface area contributed by atoms with Gasteiger partial charge in [-0.05, 0) is 33.3 Å². The Morgan fingerprint density at radius 1 is 1.05 bits per heavy atom. The molecule has 2 rings (SSSR count). The molecule has 0 aliphatic heterocycles. The molecule has 0 saturated heterocycles. The van der Waals surface area contributed by atoms with E-state index in [9.17, 15) is 0 Å². The summed E-state index contributed by atoms with van der Waals surface area (Å²) in [5.74, 6) is 2.76. The highest BCUT2D eigenvalue weighted by Crippen LogP contribution is 2.24. The highest BCUT2D eigenvalue weighted by molar-refractivity contribution is 5.58. The normalized spacial score (nSPS) is 10.5. The highest BCUT2D eigenvalue weighted by atomic mass is 15.2. The molecule has 4 heteroatoms. The molecular weight excluding hydrogens is 260 g/mol. The first-order valence-corrected chi connectivity index (χ1v) is 7.53. The van der Waals surface area contributed by atoms with Crippen LogP contribution in [0, 0.1) is 13.8 Å². The van der Waals surface area contributed by atoms with Gasteiger partial charge in [0, 0.05) is 25.2 Å². The summed E-state index contributed by atoms with van der Waals surface area (Å²) in [6, 6.07) is 10.5. The van der Waals surface area contributed by atoms with Crippen LogP contribution in [0.4, 0.5) is 11.6 Å². The topological polar surface area (TPSA) is 41.1 Å². The van der Waals surface area contributed by atoms with Crippen molar-refractivity contribution in [1.29, 1.82) is 0 Å². The summed E-state index contributed by atoms with van der Waals surface area (Å²) in [6.07, 6.45) is 0. The maximum atomic E-state index is 4.66. The zero-order chi connectivity index (χ0) is 15.2. The van der Waals surface area contributed by atoms with Gasteiger partial charge in [-0.1, -0.05) is 30.3 Å². The van der Waals surface area contributed by atoms with Crippen LogP contribution in [0.2, 0.25) is 0 Å². The molecule has 4 nitrogen and oxygen atoms in total. The fourth-order valence-electron chi connectivity index (χ4n) is 2.40. The largest absolute Gasteiger partial charge is 0.370 e. The number of benzene rings is 1. The van der Waals surface area contributed by atoms with E-state index in [0.29, 0.717) is 0 Å². The van der Waals surface area contributed by atoms with Crippen molar-refractivity contribution in [1.82, 2.24) is 9.97 Å². The Morgan fingerprint density at radius 3 is 2.38 bits per heavy atom. The number of hydrogen-bond acceptors (Lipinski definition) is 4. The van der Waals surface area contributed by atoms with Gasteiger partial charge in [0.2, 0.25) is 0 Å². The van der Waals surface area contributed by atoms with Gasteiger partial charge in [0.05, 0.1) is 0 Å². The molecule has 0 aliphatic rings. The number of hydrogen-bond donors (Lipinski definition) is 1. The van der Waals surface area contributed by atoms with E-state index in [1.807, 2.05) is 13.0 Å². The smallest absolute Gasteiger partial charge is 0.137 e. The van der Waals surface area contributed by atoms with Gasteiger partial charge in [-0.15, -0.1) is 0 Å². The number of nitrogens with one attached hydrogen (secondary N) is 1. The molecular formula is C17H24N4. The number of aromatic nitrogens is 2. The van der Waals surface area contributed by atoms with Crippen LogP contribution in [0.25, 0.3) is 0 Å². The molecule has 112 valence electrons. The first-order chi connectivity index (χ1) is 10.2. The van der Waals surface area contributed by atoms with Crippen molar-refractivity contribution >= 4 is 11.6 Å². The van der Waals surface area contributed by atoms with Crippen LogP contribution in [0.5, 0.6) is 0 Å². The monoisotopic (exact) mass is 284 g/mol. The van der Waals surface area contributed by atoms with Crippen LogP contribution in [0.15, 0.2) is 30.3 Å². The Hall–Kier alpha value is -2.10. The molecule has 0 spiro atoms. The fraction of sp³-hybridized carbons (Fsp3) is 0.412. The third kappa shape index (κ3) is 3.72. The van der Waals surface area contributed by atoms with Crippen molar-refractivity contribution < 1.29 is 0 Å². The lowest BCUT2D eigenvalue weighted by Crippen LogP contribution is -2.25. The molecule has 1 aromatic heterocycles. The zero-order valence-electron chi connectivity index (χ0n) is 13.3. The van der Waals surface area contributed by atoms with Crippen LogP contribution in [-0.4, -0.2) is 23.1 Å². The van der Waals surface area contributed by atoms with Crippen molar-refractivity contribution in [3.8, 4) is 0 Å². The molecule has 1 heterocycles. The summed E-state index contributed by atoms with van der Waals surface area (Å²) in [7, 11) is 0. The second-order valence-corrected chi connectivity index (χ2v) is 5.10. The molecule has 21 heavy (non-hydrogen) atoms. The standard InChI is InChI=1S/C17H24N4/c1-5-18-16-13(3)17(20-14(4)19-16)21(6-2)12-15-10-8-7-9-11-15/h7-11H,5-6,12H2,1-4H3,(H,18,19,20). The molecule has 0 bridgehead atoms. The minimum absolute atomic E-state index is 0.804. The summed E-state index contributed by atoms with van der Waals surface area (Å²) in [4.78, 5) is 11.4. The zero-order valence-corrected chi connectivity index (χ0v) is 13.3. The average Bonchev–Trinajstić information content (AvgIpc) is 2.49. The summed E-state index contributed by atoms with van der Waals surface area (Å²) in [6.45, 7) is 10.9. The van der Waals surface area contributed by atoms with Crippen LogP contribution < -0.4 is 10.2 Å². The van der Waals surface area contributed by atoms with Gasteiger partial charge < -0.3 is 10.2 Å². The van der Waals surface area contributed by atoms with Gasteiger partial charge in [-0.25, -0.2) is 9.97 Å². The van der Waals surface area contributed by atoms with Crippen LogP contribution in [0.1, 0.15) is 30.8 Å². The van der Waals surface area contributed by atoms with Crippen LogP contribution in [-0.2, 0) is 6.54 Å². The van der Waals surface area contributed by atoms with E-state index in [2.05, 4.69) is 65.2 Å². The molecule has 0 unspecified atom stereocenters. The van der Waals surface area contributed by atoms with E-state index in [0.717, 1.165) is 42.7 Å². The van der Waals surface area contributed by atoms with Crippen molar-refractivity contribution in [3.63, 3.8) is 0 Å². The molecule has 2 aromatic rings. The van der Waals surface area contributed by atoms with Gasteiger partial charge in [-0.2, -0.15) is 0 Å². The van der Waals surface area contributed by atoms with Crippen molar-refractivity contribution in [2.24, 2.45) is 0 Å². The predicted octanol–water partition coefficient (Wildman–Crippen LogP) is 3.55. The maximum Gasteiger partial charge on any atom is 0.137 e. The minimum Gasteiger partial charge on any atom is -0.370 e. The number of anilines is 2. The minimum atomic E-state index is 0.804. The molecule has 0 fully saturated rings. The summed E-state index contributed by atoms with van der Waals surface area (Å²) in [5.41, 5.74) is 2.40. The number of rotatable bonds is 6. The Kier molecular flexibility index (Phi) is 5.14. The SMILES string of the molecule is CCNc1nc(C)nc(N(CC)Cc2ccccc2)c1C. The van der Waals surface area contributed by atoms with Gasteiger partial charge in [-0.3, -0.25) is 0 Å².